The summed E-state index contributed by atoms with van der Waals surface area (Å²) in [7, 11) is 0. The SMILES string of the molecule is CCCC(=O)C1=NCCS1. The van der Waals surface area contributed by atoms with E-state index in [9.17, 15) is 4.79 Å². The molecule has 0 N–H and O–H groups in total. The Bertz CT molecular complexity index is 165. The topological polar surface area (TPSA) is 29.4 Å². The summed E-state index contributed by atoms with van der Waals surface area (Å²) in [4.78, 5) is 15.2. The molecule has 0 bridgehead atoms. The lowest BCUT2D eigenvalue weighted by atomic mass is 10.2. The van der Waals surface area contributed by atoms with Gasteiger partial charge < -0.3 is 0 Å². The van der Waals surface area contributed by atoms with Crippen molar-refractivity contribution in [2.75, 3.05) is 12.3 Å². The molecule has 0 aromatic heterocycles. The number of hydrogen-bond acceptors (Lipinski definition) is 3. The van der Waals surface area contributed by atoms with Gasteiger partial charge in [-0.15, -0.1) is 11.8 Å². The zero-order valence-electron chi connectivity index (χ0n) is 6.09. The van der Waals surface area contributed by atoms with Gasteiger partial charge in [0.15, 0.2) is 5.78 Å². The number of hydrogen-bond donors (Lipinski definition) is 0. The Morgan fingerprint density at radius 2 is 2.60 bits per heavy atom. The highest BCUT2D eigenvalue weighted by Crippen LogP contribution is 2.13. The largest absolute Gasteiger partial charge is 0.292 e. The quantitative estimate of drug-likeness (QED) is 0.621. The van der Waals surface area contributed by atoms with Gasteiger partial charge in [-0.2, -0.15) is 0 Å². The summed E-state index contributed by atoms with van der Waals surface area (Å²) in [6.45, 7) is 2.84. The summed E-state index contributed by atoms with van der Waals surface area (Å²) in [6.07, 6.45) is 1.59. The second kappa shape index (κ2) is 3.76. The van der Waals surface area contributed by atoms with Gasteiger partial charge in [-0.25, -0.2) is 0 Å². The summed E-state index contributed by atoms with van der Waals surface area (Å²) < 4.78 is 0. The zero-order chi connectivity index (χ0) is 7.40. The van der Waals surface area contributed by atoms with Crippen molar-refractivity contribution in [3.63, 3.8) is 0 Å². The monoisotopic (exact) mass is 157 g/mol. The molecular weight excluding hydrogens is 146 g/mol. The van der Waals surface area contributed by atoms with Crippen molar-refractivity contribution < 1.29 is 4.79 Å². The van der Waals surface area contributed by atoms with E-state index in [4.69, 9.17) is 0 Å². The number of aliphatic imine (C=N–C) groups is 1. The van der Waals surface area contributed by atoms with Gasteiger partial charge in [0, 0.05) is 18.7 Å². The van der Waals surface area contributed by atoms with Crippen LogP contribution >= 0.6 is 11.8 Å². The van der Waals surface area contributed by atoms with Gasteiger partial charge in [0.05, 0.1) is 0 Å². The van der Waals surface area contributed by atoms with Crippen molar-refractivity contribution in [2.45, 2.75) is 19.8 Å². The second-order valence-electron chi connectivity index (χ2n) is 2.21. The van der Waals surface area contributed by atoms with E-state index < -0.39 is 0 Å². The number of rotatable bonds is 3. The molecule has 1 heterocycles. The third-order valence-corrected chi connectivity index (χ3v) is 2.32. The third kappa shape index (κ3) is 1.84. The highest BCUT2D eigenvalue weighted by atomic mass is 32.2. The van der Waals surface area contributed by atoms with E-state index in [0.29, 0.717) is 6.42 Å². The third-order valence-electron chi connectivity index (χ3n) is 1.30. The number of thioether (sulfide) groups is 1. The minimum Gasteiger partial charge on any atom is -0.292 e. The minimum absolute atomic E-state index is 0.227. The molecule has 0 amide bonds. The van der Waals surface area contributed by atoms with Crippen molar-refractivity contribution >= 4 is 22.6 Å². The standard InChI is InChI=1S/C7H11NOS/c1-2-3-6(9)7-8-4-5-10-7/h2-5H2,1H3. The van der Waals surface area contributed by atoms with Crippen LogP contribution in [0.15, 0.2) is 4.99 Å². The Balaban J connectivity index is 2.40. The first-order valence-corrected chi connectivity index (χ1v) is 4.53. The van der Waals surface area contributed by atoms with Crippen molar-refractivity contribution in [3.8, 4) is 0 Å². The summed E-state index contributed by atoms with van der Waals surface area (Å²) in [5, 5.41) is 0.752. The van der Waals surface area contributed by atoms with Gasteiger partial charge >= 0.3 is 0 Å². The first kappa shape index (κ1) is 7.79. The van der Waals surface area contributed by atoms with Gasteiger partial charge in [0.2, 0.25) is 0 Å². The maximum atomic E-state index is 11.1. The van der Waals surface area contributed by atoms with Crippen LogP contribution in [0.3, 0.4) is 0 Å². The van der Waals surface area contributed by atoms with E-state index in [1.165, 1.54) is 0 Å². The molecular formula is C7H11NOS. The summed E-state index contributed by atoms with van der Waals surface area (Å²) >= 11 is 1.59. The van der Waals surface area contributed by atoms with Gasteiger partial charge in [-0.1, -0.05) is 6.92 Å². The first-order chi connectivity index (χ1) is 4.84. The second-order valence-corrected chi connectivity index (χ2v) is 3.29. The summed E-state index contributed by atoms with van der Waals surface area (Å²) in [5.41, 5.74) is 0. The van der Waals surface area contributed by atoms with Crippen LogP contribution in [0, 0.1) is 0 Å². The molecule has 0 aromatic carbocycles. The molecule has 0 aliphatic carbocycles. The lowest BCUT2D eigenvalue weighted by Crippen LogP contribution is -2.06. The molecule has 1 rings (SSSR count). The fourth-order valence-corrected chi connectivity index (χ4v) is 1.66. The lowest BCUT2D eigenvalue weighted by Gasteiger charge is -1.93. The maximum absolute atomic E-state index is 11.1. The van der Waals surface area contributed by atoms with Crippen LogP contribution in [-0.2, 0) is 4.79 Å². The van der Waals surface area contributed by atoms with Crippen LogP contribution in [-0.4, -0.2) is 23.1 Å². The zero-order valence-corrected chi connectivity index (χ0v) is 6.91. The minimum atomic E-state index is 0.227. The van der Waals surface area contributed by atoms with Gasteiger partial charge in [0.1, 0.15) is 5.04 Å². The van der Waals surface area contributed by atoms with E-state index in [2.05, 4.69) is 4.99 Å². The smallest absolute Gasteiger partial charge is 0.187 e. The normalized spacial score (nSPS) is 17.1. The Kier molecular flexibility index (Phi) is 2.93. The maximum Gasteiger partial charge on any atom is 0.187 e. The van der Waals surface area contributed by atoms with Crippen LogP contribution in [0.4, 0.5) is 0 Å². The number of carbonyl (C=O) groups is 1. The molecule has 0 aromatic rings. The van der Waals surface area contributed by atoms with E-state index in [1.54, 1.807) is 11.8 Å². The van der Waals surface area contributed by atoms with Crippen molar-refractivity contribution in [1.29, 1.82) is 0 Å². The number of Topliss-reactive ketones (excluding diaryl/α,β-unsaturated/α-hetero) is 1. The van der Waals surface area contributed by atoms with Crippen molar-refractivity contribution in [3.05, 3.63) is 0 Å². The van der Waals surface area contributed by atoms with Crippen molar-refractivity contribution in [2.24, 2.45) is 4.99 Å². The Labute approximate surface area is 65.1 Å². The molecule has 0 atom stereocenters. The molecule has 1 aliphatic heterocycles. The highest BCUT2D eigenvalue weighted by molar-refractivity contribution is 8.16. The summed E-state index contributed by atoms with van der Waals surface area (Å²) in [6, 6.07) is 0. The average molecular weight is 157 g/mol. The molecule has 56 valence electrons. The fourth-order valence-electron chi connectivity index (χ4n) is 0.838. The molecule has 0 spiro atoms. The molecule has 2 nitrogen and oxygen atoms in total. The van der Waals surface area contributed by atoms with Crippen molar-refractivity contribution in [1.82, 2.24) is 0 Å². The van der Waals surface area contributed by atoms with Crippen LogP contribution in [0.1, 0.15) is 19.8 Å². The van der Waals surface area contributed by atoms with E-state index in [0.717, 1.165) is 23.8 Å². The predicted octanol–water partition coefficient (Wildman–Crippen LogP) is 1.50. The van der Waals surface area contributed by atoms with Crippen LogP contribution in [0.25, 0.3) is 0 Å². The van der Waals surface area contributed by atoms with E-state index >= 15 is 0 Å². The summed E-state index contributed by atoms with van der Waals surface area (Å²) in [5.74, 6) is 1.22. The van der Waals surface area contributed by atoms with Gasteiger partial charge in [-0.05, 0) is 6.42 Å². The fraction of sp³-hybridized carbons (Fsp3) is 0.714. The number of ketones is 1. The molecule has 0 saturated carbocycles. The van der Waals surface area contributed by atoms with Crippen LogP contribution < -0.4 is 0 Å². The Morgan fingerprint density at radius 3 is 3.10 bits per heavy atom. The molecule has 0 radical (unpaired) electrons. The predicted molar refractivity (Wildman–Crippen MR) is 44.7 cm³/mol. The lowest BCUT2D eigenvalue weighted by molar-refractivity contribution is -0.112. The molecule has 3 heteroatoms. The molecule has 1 aliphatic rings. The average Bonchev–Trinajstić information content (AvgIpc) is 2.38. The Morgan fingerprint density at radius 1 is 1.80 bits per heavy atom. The van der Waals surface area contributed by atoms with Crippen LogP contribution in [0.2, 0.25) is 0 Å². The van der Waals surface area contributed by atoms with Gasteiger partial charge in [0.25, 0.3) is 0 Å². The highest BCUT2D eigenvalue weighted by Gasteiger charge is 2.14. The first-order valence-electron chi connectivity index (χ1n) is 3.55. The molecule has 0 saturated heterocycles. The molecule has 10 heavy (non-hydrogen) atoms. The number of carbonyl (C=O) groups excluding carboxylic acids is 1. The molecule has 0 unspecified atom stereocenters. The van der Waals surface area contributed by atoms with Gasteiger partial charge in [-0.3, -0.25) is 9.79 Å². The molecule has 0 fully saturated rings. The van der Waals surface area contributed by atoms with E-state index in [1.807, 2.05) is 6.92 Å². The van der Waals surface area contributed by atoms with E-state index in [-0.39, 0.29) is 5.78 Å². The van der Waals surface area contributed by atoms with Crippen LogP contribution in [0.5, 0.6) is 0 Å². The number of nitrogens with zero attached hydrogens (tertiary/aromatic N) is 1. The Hall–Kier alpha value is -0.310.